The third-order valence-corrected chi connectivity index (χ3v) is 3.51. The van der Waals surface area contributed by atoms with Crippen molar-refractivity contribution >= 4 is 0 Å². The third-order valence-electron chi connectivity index (χ3n) is 3.51. The Kier molecular flexibility index (Phi) is 5.21. The SMILES string of the molecule is Cc1cccc(C(C)NCCCOCC2CC2)c1. The molecule has 1 N–H and O–H groups in total. The van der Waals surface area contributed by atoms with Crippen LogP contribution in [0.15, 0.2) is 24.3 Å². The van der Waals surface area contributed by atoms with E-state index < -0.39 is 0 Å². The van der Waals surface area contributed by atoms with Crippen LogP contribution < -0.4 is 5.32 Å². The Balaban J connectivity index is 1.57. The van der Waals surface area contributed by atoms with Crippen molar-refractivity contribution in [2.45, 2.75) is 39.2 Å². The standard InChI is InChI=1S/C16H25NO/c1-13-5-3-6-16(11-13)14(2)17-9-4-10-18-12-15-7-8-15/h3,5-6,11,14-15,17H,4,7-10,12H2,1-2H3. The summed E-state index contributed by atoms with van der Waals surface area (Å²) in [6, 6.07) is 9.13. The summed E-state index contributed by atoms with van der Waals surface area (Å²) in [6.07, 6.45) is 3.86. The molecule has 0 bridgehead atoms. The summed E-state index contributed by atoms with van der Waals surface area (Å²) in [5.41, 5.74) is 2.70. The summed E-state index contributed by atoms with van der Waals surface area (Å²) in [5, 5.41) is 3.55. The number of aryl methyl sites for hydroxylation is 1. The molecular formula is C16H25NO. The molecule has 1 unspecified atom stereocenters. The Hall–Kier alpha value is -0.860. The van der Waals surface area contributed by atoms with Gasteiger partial charge in [-0.2, -0.15) is 0 Å². The zero-order valence-corrected chi connectivity index (χ0v) is 11.6. The highest BCUT2D eigenvalue weighted by atomic mass is 16.5. The summed E-state index contributed by atoms with van der Waals surface area (Å²) in [6.45, 7) is 7.26. The van der Waals surface area contributed by atoms with Gasteiger partial charge in [0.25, 0.3) is 0 Å². The second-order valence-corrected chi connectivity index (χ2v) is 5.46. The molecule has 0 heterocycles. The molecule has 1 fully saturated rings. The second-order valence-electron chi connectivity index (χ2n) is 5.46. The Morgan fingerprint density at radius 1 is 1.39 bits per heavy atom. The van der Waals surface area contributed by atoms with Crippen molar-refractivity contribution in [2.75, 3.05) is 19.8 Å². The van der Waals surface area contributed by atoms with E-state index in [4.69, 9.17) is 4.74 Å². The van der Waals surface area contributed by atoms with E-state index in [1.165, 1.54) is 24.0 Å². The molecule has 1 atom stereocenters. The smallest absolute Gasteiger partial charge is 0.0494 e. The minimum absolute atomic E-state index is 0.424. The monoisotopic (exact) mass is 247 g/mol. The summed E-state index contributed by atoms with van der Waals surface area (Å²) < 4.78 is 5.62. The van der Waals surface area contributed by atoms with Crippen LogP contribution in [0, 0.1) is 12.8 Å². The Morgan fingerprint density at radius 2 is 2.22 bits per heavy atom. The quantitative estimate of drug-likeness (QED) is 0.710. The van der Waals surface area contributed by atoms with Crippen molar-refractivity contribution in [3.8, 4) is 0 Å². The summed E-state index contributed by atoms with van der Waals surface area (Å²) in [7, 11) is 0. The van der Waals surface area contributed by atoms with Crippen LogP contribution in [0.5, 0.6) is 0 Å². The minimum Gasteiger partial charge on any atom is -0.381 e. The van der Waals surface area contributed by atoms with Crippen molar-refractivity contribution in [1.82, 2.24) is 5.32 Å². The summed E-state index contributed by atoms with van der Waals surface area (Å²) in [5.74, 6) is 0.879. The number of rotatable bonds is 8. The van der Waals surface area contributed by atoms with Gasteiger partial charge in [0.15, 0.2) is 0 Å². The lowest BCUT2D eigenvalue weighted by atomic mass is 10.1. The molecule has 2 heteroatoms. The largest absolute Gasteiger partial charge is 0.381 e. The fourth-order valence-corrected chi connectivity index (χ4v) is 2.08. The van der Waals surface area contributed by atoms with E-state index >= 15 is 0 Å². The van der Waals surface area contributed by atoms with Gasteiger partial charge >= 0.3 is 0 Å². The lowest BCUT2D eigenvalue weighted by Crippen LogP contribution is -2.21. The van der Waals surface area contributed by atoms with Gasteiger partial charge in [0.1, 0.15) is 0 Å². The molecule has 2 rings (SSSR count). The molecule has 0 amide bonds. The first-order valence-corrected chi connectivity index (χ1v) is 7.13. The number of hydrogen-bond acceptors (Lipinski definition) is 2. The molecule has 1 aliphatic rings. The molecule has 0 saturated heterocycles. The van der Waals surface area contributed by atoms with E-state index in [2.05, 4.69) is 43.4 Å². The number of benzene rings is 1. The Labute approximate surface area is 111 Å². The number of ether oxygens (including phenoxy) is 1. The molecule has 0 aromatic heterocycles. The highest BCUT2D eigenvalue weighted by molar-refractivity contribution is 5.24. The van der Waals surface area contributed by atoms with E-state index in [1.54, 1.807) is 0 Å². The maximum Gasteiger partial charge on any atom is 0.0494 e. The molecule has 1 aromatic carbocycles. The van der Waals surface area contributed by atoms with Gasteiger partial charge in [0, 0.05) is 19.3 Å². The first-order chi connectivity index (χ1) is 8.75. The van der Waals surface area contributed by atoms with Gasteiger partial charge in [-0.1, -0.05) is 29.8 Å². The molecule has 100 valence electrons. The van der Waals surface area contributed by atoms with Crippen molar-refractivity contribution in [3.63, 3.8) is 0 Å². The third kappa shape index (κ3) is 4.79. The molecule has 0 radical (unpaired) electrons. The van der Waals surface area contributed by atoms with Gasteiger partial charge in [-0.05, 0) is 51.1 Å². The average Bonchev–Trinajstić information content (AvgIpc) is 3.17. The van der Waals surface area contributed by atoms with Crippen LogP contribution in [0.1, 0.15) is 43.4 Å². The number of nitrogens with one attached hydrogen (secondary N) is 1. The molecule has 0 aliphatic heterocycles. The normalized spacial score (nSPS) is 16.8. The summed E-state index contributed by atoms with van der Waals surface area (Å²) >= 11 is 0. The van der Waals surface area contributed by atoms with Gasteiger partial charge in [-0.15, -0.1) is 0 Å². The van der Waals surface area contributed by atoms with Crippen LogP contribution in [0.4, 0.5) is 0 Å². The average molecular weight is 247 g/mol. The van der Waals surface area contributed by atoms with E-state index in [1.807, 2.05) is 0 Å². The van der Waals surface area contributed by atoms with Gasteiger partial charge in [0.2, 0.25) is 0 Å². The topological polar surface area (TPSA) is 21.3 Å². The van der Waals surface area contributed by atoms with Crippen molar-refractivity contribution < 1.29 is 4.74 Å². The maximum atomic E-state index is 5.62. The van der Waals surface area contributed by atoms with E-state index in [0.717, 1.165) is 32.1 Å². The molecule has 1 aliphatic carbocycles. The maximum absolute atomic E-state index is 5.62. The molecular weight excluding hydrogens is 222 g/mol. The van der Waals surface area contributed by atoms with Gasteiger partial charge in [-0.3, -0.25) is 0 Å². The Morgan fingerprint density at radius 3 is 2.94 bits per heavy atom. The predicted octanol–water partition coefficient (Wildman–Crippen LogP) is 3.46. The molecule has 1 saturated carbocycles. The van der Waals surface area contributed by atoms with Crippen LogP contribution in [-0.4, -0.2) is 19.8 Å². The highest BCUT2D eigenvalue weighted by Gasteiger charge is 2.20. The van der Waals surface area contributed by atoms with Crippen molar-refractivity contribution in [2.24, 2.45) is 5.92 Å². The van der Waals surface area contributed by atoms with E-state index in [-0.39, 0.29) is 0 Å². The highest BCUT2D eigenvalue weighted by Crippen LogP contribution is 2.28. The number of hydrogen-bond donors (Lipinski definition) is 1. The van der Waals surface area contributed by atoms with E-state index in [0.29, 0.717) is 6.04 Å². The zero-order valence-electron chi connectivity index (χ0n) is 11.6. The lowest BCUT2D eigenvalue weighted by Gasteiger charge is -2.14. The fourth-order valence-electron chi connectivity index (χ4n) is 2.08. The van der Waals surface area contributed by atoms with Crippen molar-refractivity contribution in [3.05, 3.63) is 35.4 Å². The lowest BCUT2D eigenvalue weighted by molar-refractivity contribution is 0.121. The van der Waals surface area contributed by atoms with Gasteiger partial charge in [0.05, 0.1) is 0 Å². The van der Waals surface area contributed by atoms with Crippen LogP contribution in [0.2, 0.25) is 0 Å². The molecule has 0 spiro atoms. The van der Waals surface area contributed by atoms with Gasteiger partial charge in [-0.25, -0.2) is 0 Å². The zero-order chi connectivity index (χ0) is 12.8. The second kappa shape index (κ2) is 6.91. The predicted molar refractivity (Wildman–Crippen MR) is 75.8 cm³/mol. The van der Waals surface area contributed by atoms with Crippen molar-refractivity contribution in [1.29, 1.82) is 0 Å². The van der Waals surface area contributed by atoms with E-state index in [9.17, 15) is 0 Å². The first-order valence-electron chi connectivity index (χ1n) is 7.13. The fraction of sp³-hybridized carbons (Fsp3) is 0.625. The molecule has 2 nitrogen and oxygen atoms in total. The van der Waals surface area contributed by atoms with Crippen LogP contribution >= 0.6 is 0 Å². The Bertz CT molecular complexity index is 360. The first kappa shape index (κ1) is 13.6. The molecule has 18 heavy (non-hydrogen) atoms. The van der Waals surface area contributed by atoms with Crippen LogP contribution in [0.3, 0.4) is 0 Å². The van der Waals surface area contributed by atoms with Gasteiger partial charge < -0.3 is 10.1 Å². The van der Waals surface area contributed by atoms with Crippen LogP contribution in [-0.2, 0) is 4.74 Å². The minimum atomic E-state index is 0.424. The summed E-state index contributed by atoms with van der Waals surface area (Å²) in [4.78, 5) is 0. The molecule has 1 aromatic rings. The van der Waals surface area contributed by atoms with Crippen LogP contribution in [0.25, 0.3) is 0 Å².